The summed E-state index contributed by atoms with van der Waals surface area (Å²) in [5.41, 5.74) is 0.609. The molecule has 0 aliphatic carbocycles. The fraction of sp³-hybridized carbons (Fsp3) is 0.364. The Bertz CT molecular complexity index is 526. The van der Waals surface area contributed by atoms with Gasteiger partial charge in [-0.3, -0.25) is 4.68 Å². The summed E-state index contributed by atoms with van der Waals surface area (Å²) in [6.07, 6.45) is 0.699. The van der Waals surface area contributed by atoms with Gasteiger partial charge in [0.05, 0.1) is 29.5 Å². The summed E-state index contributed by atoms with van der Waals surface area (Å²) < 4.78 is 12.6. The van der Waals surface area contributed by atoms with Crippen LogP contribution in [0.3, 0.4) is 0 Å². The zero-order chi connectivity index (χ0) is 13.1. The Morgan fingerprint density at radius 2 is 2.39 bits per heavy atom. The first-order chi connectivity index (χ1) is 8.63. The third kappa shape index (κ3) is 2.77. The first kappa shape index (κ1) is 13.6. The van der Waals surface area contributed by atoms with Crippen LogP contribution in [0.25, 0.3) is 0 Å². The molecule has 0 aliphatic rings. The zero-order valence-corrected chi connectivity index (χ0v) is 12.0. The molecule has 0 fully saturated rings. The van der Waals surface area contributed by atoms with Crippen LogP contribution in [0.15, 0.2) is 27.2 Å². The van der Waals surface area contributed by atoms with Gasteiger partial charge in [-0.05, 0) is 39.7 Å². The van der Waals surface area contributed by atoms with Crippen LogP contribution >= 0.6 is 27.5 Å². The summed E-state index contributed by atoms with van der Waals surface area (Å²) >= 11 is 9.05. The smallest absolute Gasteiger partial charge is 0.193 e. The number of aromatic nitrogens is 2. The molecular weight excluding hydrogens is 323 g/mol. The van der Waals surface area contributed by atoms with Crippen molar-refractivity contribution in [2.75, 3.05) is 13.7 Å². The van der Waals surface area contributed by atoms with Crippen molar-refractivity contribution in [3.63, 3.8) is 0 Å². The molecule has 98 valence electrons. The van der Waals surface area contributed by atoms with Crippen molar-refractivity contribution in [3.8, 4) is 0 Å². The second kappa shape index (κ2) is 5.88. The van der Waals surface area contributed by atoms with Crippen molar-refractivity contribution in [1.82, 2.24) is 9.78 Å². The molecule has 0 bridgehead atoms. The number of hydrogen-bond acceptors (Lipinski definition) is 4. The van der Waals surface area contributed by atoms with Gasteiger partial charge in [0.2, 0.25) is 0 Å². The van der Waals surface area contributed by atoms with Crippen LogP contribution < -0.4 is 0 Å². The van der Waals surface area contributed by atoms with E-state index < -0.39 is 6.10 Å². The third-order valence-corrected chi connectivity index (χ3v) is 3.28. The lowest BCUT2D eigenvalue weighted by Crippen LogP contribution is -2.13. The Balaban J connectivity index is 2.28. The summed E-state index contributed by atoms with van der Waals surface area (Å²) in [6.45, 7) is 1.05. The molecule has 2 heterocycles. The number of nitrogens with zero attached hydrogens (tertiary/aromatic N) is 2. The monoisotopic (exact) mass is 334 g/mol. The molecule has 0 amide bonds. The molecule has 7 heteroatoms. The van der Waals surface area contributed by atoms with Gasteiger partial charge in [-0.1, -0.05) is 0 Å². The Morgan fingerprint density at radius 1 is 1.61 bits per heavy atom. The van der Waals surface area contributed by atoms with E-state index in [1.165, 1.54) is 0 Å². The molecule has 0 radical (unpaired) electrons. The molecule has 1 N–H and O–H groups in total. The van der Waals surface area contributed by atoms with E-state index in [2.05, 4.69) is 21.0 Å². The highest BCUT2D eigenvalue weighted by Crippen LogP contribution is 2.30. The summed E-state index contributed by atoms with van der Waals surface area (Å²) in [6, 6.07) is 3.22. The Labute approximate surface area is 117 Å². The van der Waals surface area contributed by atoms with Crippen LogP contribution in [0.2, 0.25) is 5.22 Å². The van der Waals surface area contributed by atoms with Gasteiger partial charge in [0.25, 0.3) is 0 Å². The quantitative estimate of drug-likeness (QED) is 0.912. The molecule has 0 aliphatic heterocycles. The number of ether oxygens (including phenoxy) is 1. The minimum Gasteiger partial charge on any atom is -0.447 e. The minimum absolute atomic E-state index is 0.239. The van der Waals surface area contributed by atoms with Crippen molar-refractivity contribution in [1.29, 1.82) is 0 Å². The van der Waals surface area contributed by atoms with Crippen molar-refractivity contribution in [2.45, 2.75) is 12.6 Å². The fourth-order valence-electron chi connectivity index (χ4n) is 1.61. The van der Waals surface area contributed by atoms with E-state index in [0.717, 1.165) is 0 Å². The molecule has 18 heavy (non-hydrogen) atoms. The highest BCUT2D eigenvalue weighted by molar-refractivity contribution is 9.10. The van der Waals surface area contributed by atoms with Gasteiger partial charge in [-0.2, -0.15) is 5.10 Å². The number of aliphatic hydroxyl groups excluding tert-OH is 1. The van der Waals surface area contributed by atoms with Gasteiger partial charge < -0.3 is 14.3 Å². The second-order valence-electron chi connectivity index (χ2n) is 3.64. The first-order valence-corrected chi connectivity index (χ1v) is 6.44. The van der Waals surface area contributed by atoms with Crippen LogP contribution in [0.4, 0.5) is 0 Å². The molecule has 0 saturated heterocycles. The van der Waals surface area contributed by atoms with E-state index in [1.54, 1.807) is 30.1 Å². The van der Waals surface area contributed by atoms with Gasteiger partial charge in [-0.25, -0.2) is 0 Å². The zero-order valence-electron chi connectivity index (χ0n) is 9.64. The molecule has 0 spiro atoms. The highest BCUT2D eigenvalue weighted by Gasteiger charge is 2.22. The van der Waals surface area contributed by atoms with Crippen molar-refractivity contribution in [2.24, 2.45) is 0 Å². The minimum atomic E-state index is -0.925. The van der Waals surface area contributed by atoms with Gasteiger partial charge in [0, 0.05) is 7.11 Å². The SMILES string of the molecule is COCCn1ncc(Br)c1C(O)c1ccc(Cl)o1. The highest BCUT2D eigenvalue weighted by atomic mass is 79.9. The molecule has 0 aromatic carbocycles. The molecule has 1 unspecified atom stereocenters. The summed E-state index contributed by atoms with van der Waals surface area (Å²) in [4.78, 5) is 0. The predicted octanol–water partition coefficient (Wildman–Crippen LogP) is 2.62. The number of rotatable bonds is 5. The van der Waals surface area contributed by atoms with Crippen LogP contribution in [0.5, 0.6) is 0 Å². The lowest BCUT2D eigenvalue weighted by molar-refractivity contribution is 0.160. The van der Waals surface area contributed by atoms with E-state index >= 15 is 0 Å². The molecule has 2 aromatic rings. The summed E-state index contributed by atoms with van der Waals surface area (Å²) in [5, 5.41) is 14.7. The standard InChI is InChI=1S/C11H12BrClN2O3/c1-17-5-4-15-10(7(12)6-14-15)11(16)8-2-3-9(13)18-8/h2-3,6,11,16H,4-5H2,1H3. The summed E-state index contributed by atoms with van der Waals surface area (Å²) in [7, 11) is 1.61. The normalized spacial score (nSPS) is 12.9. The van der Waals surface area contributed by atoms with Gasteiger partial charge >= 0.3 is 0 Å². The topological polar surface area (TPSA) is 60.4 Å². The number of methoxy groups -OCH3 is 1. The maximum Gasteiger partial charge on any atom is 0.193 e. The Morgan fingerprint density at radius 3 is 3.00 bits per heavy atom. The molecular formula is C11H12BrClN2O3. The molecule has 1 atom stereocenters. The summed E-state index contributed by atoms with van der Waals surface area (Å²) in [5.74, 6) is 0.375. The number of aliphatic hydroxyl groups is 1. The maximum absolute atomic E-state index is 10.3. The van der Waals surface area contributed by atoms with Crippen molar-refractivity contribution >= 4 is 27.5 Å². The first-order valence-electron chi connectivity index (χ1n) is 5.27. The van der Waals surface area contributed by atoms with E-state index in [9.17, 15) is 5.11 Å². The molecule has 0 saturated carbocycles. The lowest BCUT2D eigenvalue weighted by Gasteiger charge is -2.12. The molecule has 5 nitrogen and oxygen atoms in total. The average Bonchev–Trinajstić information content (AvgIpc) is 2.92. The van der Waals surface area contributed by atoms with E-state index in [4.69, 9.17) is 20.8 Å². The van der Waals surface area contributed by atoms with Crippen molar-refractivity contribution < 1.29 is 14.3 Å². The third-order valence-electron chi connectivity index (χ3n) is 2.46. The van der Waals surface area contributed by atoms with Crippen LogP contribution in [0.1, 0.15) is 17.6 Å². The van der Waals surface area contributed by atoms with Crippen LogP contribution in [-0.4, -0.2) is 28.6 Å². The Hall–Kier alpha value is -0.820. The van der Waals surface area contributed by atoms with Crippen LogP contribution in [-0.2, 0) is 11.3 Å². The van der Waals surface area contributed by atoms with E-state index in [1.807, 2.05) is 0 Å². The van der Waals surface area contributed by atoms with E-state index in [-0.39, 0.29) is 5.22 Å². The Kier molecular flexibility index (Phi) is 4.45. The predicted molar refractivity (Wildman–Crippen MR) is 69.6 cm³/mol. The lowest BCUT2D eigenvalue weighted by atomic mass is 10.2. The van der Waals surface area contributed by atoms with Gasteiger partial charge in [-0.15, -0.1) is 0 Å². The van der Waals surface area contributed by atoms with Gasteiger partial charge in [0.1, 0.15) is 5.76 Å². The number of hydrogen-bond donors (Lipinski definition) is 1. The largest absolute Gasteiger partial charge is 0.447 e. The number of halogens is 2. The van der Waals surface area contributed by atoms with Gasteiger partial charge in [0.15, 0.2) is 11.3 Å². The molecule has 2 aromatic heterocycles. The maximum atomic E-state index is 10.3. The van der Waals surface area contributed by atoms with Crippen molar-refractivity contribution in [3.05, 3.63) is 39.5 Å². The average molecular weight is 336 g/mol. The molecule has 2 rings (SSSR count). The van der Waals surface area contributed by atoms with Crippen LogP contribution in [0, 0.1) is 0 Å². The van der Waals surface area contributed by atoms with E-state index in [0.29, 0.717) is 29.1 Å². The second-order valence-corrected chi connectivity index (χ2v) is 4.86. The number of furan rings is 1. The fourth-order valence-corrected chi connectivity index (χ4v) is 2.27.